The van der Waals surface area contributed by atoms with Crippen LogP contribution in [0.3, 0.4) is 0 Å². The summed E-state index contributed by atoms with van der Waals surface area (Å²) in [5.74, 6) is 1.02. The average Bonchev–Trinajstić information content (AvgIpc) is 3.10. The molecule has 1 amide bonds. The lowest BCUT2D eigenvalue weighted by molar-refractivity contribution is 0.0938. The van der Waals surface area contributed by atoms with E-state index in [0.717, 1.165) is 25.8 Å². The Morgan fingerprint density at radius 3 is 2.50 bits per heavy atom. The molecule has 2 fully saturated rings. The van der Waals surface area contributed by atoms with Gasteiger partial charge in [0.15, 0.2) is 0 Å². The minimum absolute atomic E-state index is 0.246. The SMILES string of the molecule is NCC1CCCCC1COC(=O)NC1CC1. The lowest BCUT2D eigenvalue weighted by Gasteiger charge is -2.30. The summed E-state index contributed by atoms with van der Waals surface area (Å²) in [7, 11) is 0. The molecule has 0 aliphatic heterocycles. The first-order chi connectivity index (χ1) is 7.79. The first-order valence-corrected chi connectivity index (χ1v) is 6.43. The quantitative estimate of drug-likeness (QED) is 0.766. The van der Waals surface area contributed by atoms with Crippen molar-refractivity contribution in [1.29, 1.82) is 0 Å². The van der Waals surface area contributed by atoms with E-state index in [9.17, 15) is 4.79 Å². The number of rotatable bonds is 4. The van der Waals surface area contributed by atoms with Crippen LogP contribution >= 0.6 is 0 Å². The molecule has 16 heavy (non-hydrogen) atoms. The lowest BCUT2D eigenvalue weighted by Crippen LogP contribution is -2.33. The molecule has 3 N–H and O–H groups in total. The molecule has 0 bridgehead atoms. The predicted octanol–water partition coefficient (Wildman–Crippen LogP) is 1.64. The molecule has 0 aromatic heterocycles. The third-order valence-electron chi connectivity index (χ3n) is 3.70. The van der Waals surface area contributed by atoms with E-state index in [2.05, 4.69) is 5.32 Å². The molecule has 4 nitrogen and oxygen atoms in total. The van der Waals surface area contributed by atoms with Crippen LogP contribution in [0.4, 0.5) is 4.79 Å². The van der Waals surface area contributed by atoms with Gasteiger partial charge in [0, 0.05) is 6.04 Å². The van der Waals surface area contributed by atoms with Crippen molar-refractivity contribution in [2.24, 2.45) is 17.6 Å². The Morgan fingerprint density at radius 2 is 1.88 bits per heavy atom. The summed E-state index contributed by atoms with van der Waals surface area (Å²) < 4.78 is 5.26. The fourth-order valence-corrected chi connectivity index (χ4v) is 2.43. The summed E-state index contributed by atoms with van der Waals surface area (Å²) in [6.07, 6.45) is 6.81. The van der Waals surface area contributed by atoms with E-state index in [4.69, 9.17) is 10.5 Å². The maximum Gasteiger partial charge on any atom is 0.407 e. The van der Waals surface area contributed by atoms with Crippen molar-refractivity contribution >= 4 is 6.09 Å². The summed E-state index contributed by atoms with van der Waals surface area (Å²) in [6, 6.07) is 0.379. The lowest BCUT2D eigenvalue weighted by atomic mass is 9.80. The summed E-state index contributed by atoms with van der Waals surface area (Å²) in [6.45, 7) is 1.26. The summed E-state index contributed by atoms with van der Waals surface area (Å²) >= 11 is 0. The van der Waals surface area contributed by atoms with Crippen LogP contribution in [0, 0.1) is 11.8 Å². The van der Waals surface area contributed by atoms with Gasteiger partial charge >= 0.3 is 6.09 Å². The molecule has 0 aromatic rings. The maximum atomic E-state index is 11.4. The normalized spacial score (nSPS) is 29.8. The first-order valence-electron chi connectivity index (χ1n) is 6.43. The fourth-order valence-electron chi connectivity index (χ4n) is 2.43. The molecule has 92 valence electrons. The average molecular weight is 226 g/mol. The van der Waals surface area contributed by atoms with Crippen LogP contribution < -0.4 is 11.1 Å². The first kappa shape index (κ1) is 11.7. The van der Waals surface area contributed by atoms with Gasteiger partial charge in [0.1, 0.15) is 0 Å². The largest absolute Gasteiger partial charge is 0.449 e. The summed E-state index contributed by atoms with van der Waals surface area (Å²) in [5.41, 5.74) is 5.73. The van der Waals surface area contributed by atoms with Gasteiger partial charge in [0.25, 0.3) is 0 Å². The topological polar surface area (TPSA) is 64.3 Å². The molecule has 0 spiro atoms. The van der Waals surface area contributed by atoms with Crippen molar-refractivity contribution in [3.05, 3.63) is 0 Å². The van der Waals surface area contributed by atoms with E-state index in [-0.39, 0.29) is 6.09 Å². The van der Waals surface area contributed by atoms with Crippen LogP contribution in [0.1, 0.15) is 38.5 Å². The molecule has 2 unspecified atom stereocenters. The van der Waals surface area contributed by atoms with Gasteiger partial charge in [0.2, 0.25) is 0 Å². The molecule has 2 rings (SSSR count). The van der Waals surface area contributed by atoms with E-state index in [1.165, 1.54) is 19.3 Å². The van der Waals surface area contributed by atoms with Crippen LogP contribution in [0.5, 0.6) is 0 Å². The molecule has 2 saturated carbocycles. The Kier molecular flexibility index (Phi) is 4.04. The Bertz CT molecular complexity index is 241. The molecular formula is C12H22N2O2. The monoisotopic (exact) mass is 226 g/mol. The number of hydrogen-bond donors (Lipinski definition) is 2. The number of nitrogens with two attached hydrogens (primary N) is 1. The van der Waals surface area contributed by atoms with Crippen molar-refractivity contribution in [2.45, 2.75) is 44.6 Å². The van der Waals surface area contributed by atoms with Gasteiger partial charge in [-0.2, -0.15) is 0 Å². The second kappa shape index (κ2) is 5.53. The maximum absolute atomic E-state index is 11.4. The zero-order valence-electron chi connectivity index (χ0n) is 9.78. The van der Waals surface area contributed by atoms with Crippen LogP contribution in [-0.2, 0) is 4.74 Å². The van der Waals surface area contributed by atoms with Crippen molar-refractivity contribution in [2.75, 3.05) is 13.2 Å². The molecule has 2 aliphatic rings. The van der Waals surface area contributed by atoms with Crippen LogP contribution in [0.25, 0.3) is 0 Å². The van der Waals surface area contributed by atoms with E-state index in [1.54, 1.807) is 0 Å². The number of amides is 1. The fraction of sp³-hybridized carbons (Fsp3) is 0.917. The van der Waals surface area contributed by atoms with Gasteiger partial charge in [-0.25, -0.2) is 4.79 Å². The van der Waals surface area contributed by atoms with E-state index < -0.39 is 0 Å². The third-order valence-corrected chi connectivity index (χ3v) is 3.70. The zero-order valence-corrected chi connectivity index (χ0v) is 9.78. The highest BCUT2D eigenvalue weighted by molar-refractivity contribution is 5.67. The van der Waals surface area contributed by atoms with Crippen molar-refractivity contribution in [3.8, 4) is 0 Å². The third kappa shape index (κ3) is 3.37. The van der Waals surface area contributed by atoms with Gasteiger partial charge in [-0.15, -0.1) is 0 Å². The van der Waals surface area contributed by atoms with Gasteiger partial charge in [-0.1, -0.05) is 12.8 Å². The van der Waals surface area contributed by atoms with Crippen LogP contribution in [0.15, 0.2) is 0 Å². The Morgan fingerprint density at radius 1 is 1.19 bits per heavy atom. The number of ether oxygens (including phenoxy) is 1. The van der Waals surface area contributed by atoms with Crippen molar-refractivity contribution in [1.82, 2.24) is 5.32 Å². The second-order valence-corrected chi connectivity index (χ2v) is 5.06. The van der Waals surface area contributed by atoms with Gasteiger partial charge in [-0.3, -0.25) is 0 Å². The predicted molar refractivity (Wildman–Crippen MR) is 62.0 cm³/mol. The van der Waals surface area contributed by atoms with E-state index in [1.807, 2.05) is 0 Å². The summed E-state index contributed by atoms with van der Waals surface area (Å²) in [5, 5.41) is 2.83. The van der Waals surface area contributed by atoms with Gasteiger partial charge in [0.05, 0.1) is 6.61 Å². The molecule has 2 aliphatic carbocycles. The van der Waals surface area contributed by atoms with Crippen LogP contribution in [-0.4, -0.2) is 25.3 Å². The highest BCUT2D eigenvalue weighted by Crippen LogP contribution is 2.29. The number of nitrogens with one attached hydrogen (secondary N) is 1. The highest BCUT2D eigenvalue weighted by Gasteiger charge is 2.27. The minimum Gasteiger partial charge on any atom is -0.449 e. The van der Waals surface area contributed by atoms with Crippen molar-refractivity contribution in [3.63, 3.8) is 0 Å². The molecule has 0 saturated heterocycles. The van der Waals surface area contributed by atoms with E-state index >= 15 is 0 Å². The number of alkyl carbamates (subject to hydrolysis) is 1. The van der Waals surface area contributed by atoms with E-state index in [0.29, 0.717) is 24.5 Å². The van der Waals surface area contributed by atoms with Crippen molar-refractivity contribution < 1.29 is 9.53 Å². The van der Waals surface area contributed by atoms with Gasteiger partial charge < -0.3 is 15.8 Å². The minimum atomic E-state index is -0.246. The number of hydrogen-bond acceptors (Lipinski definition) is 3. The Labute approximate surface area is 96.9 Å². The number of carbonyl (C=O) groups excluding carboxylic acids is 1. The molecule has 0 radical (unpaired) electrons. The Hall–Kier alpha value is -0.770. The molecule has 0 aromatic carbocycles. The Balaban J connectivity index is 1.68. The van der Waals surface area contributed by atoms with Crippen LogP contribution in [0.2, 0.25) is 0 Å². The molecular weight excluding hydrogens is 204 g/mol. The van der Waals surface area contributed by atoms with Gasteiger partial charge in [-0.05, 0) is 44.1 Å². The standard InChI is InChI=1S/C12H22N2O2/c13-7-9-3-1-2-4-10(9)8-16-12(15)14-11-5-6-11/h9-11H,1-8,13H2,(H,14,15). The molecule has 0 heterocycles. The highest BCUT2D eigenvalue weighted by atomic mass is 16.5. The zero-order chi connectivity index (χ0) is 11.4. The number of carbonyl (C=O) groups is 1. The molecule has 2 atom stereocenters. The molecule has 4 heteroatoms. The second-order valence-electron chi connectivity index (χ2n) is 5.06. The summed E-state index contributed by atoms with van der Waals surface area (Å²) in [4.78, 5) is 11.4. The smallest absolute Gasteiger partial charge is 0.407 e.